The highest BCUT2D eigenvalue weighted by Gasteiger charge is 2.22. The van der Waals surface area contributed by atoms with Crippen LogP contribution in [0.5, 0.6) is 0 Å². The van der Waals surface area contributed by atoms with Gasteiger partial charge >= 0.3 is 0 Å². The van der Waals surface area contributed by atoms with Crippen LogP contribution in [-0.4, -0.2) is 11.2 Å². The molecule has 0 amide bonds. The molecule has 0 aliphatic carbocycles. The Balaban J connectivity index is 4.01. The number of aliphatic hydroxyl groups excluding tert-OH is 1. The predicted octanol–water partition coefficient (Wildman–Crippen LogP) is 1.42. The Morgan fingerprint density at radius 1 is 1.67 bits per heavy atom. The zero-order chi connectivity index (χ0) is 7.49. The molecule has 52 valence electrons. The molecule has 0 rings (SSSR count). The Morgan fingerprint density at radius 2 is 2.11 bits per heavy atom. The largest absolute Gasteiger partial charge is 0.392 e. The number of hydrogen-bond acceptors (Lipinski definition) is 1. The van der Waals surface area contributed by atoms with Crippen LogP contribution in [0.2, 0.25) is 0 Å². The molecule has 1 heteroatoms. The molecule has 0 saturated carbocycles. The van der Waals surface area contributed by atoms with Crippen LogP contribution in [0.1, 0.15) is 27.2 Å². The smallest absolute Gasteiger partial charge is 0.0697 e. The van der Waals surface area contributed by atoms with Gasteiger partial charge in [0.15, 0.2) is 0 Å². The van der Waals surface area contributed by atoms with E-state index in [1.54, 1.807) is 0 Å². The van der Waals surface area contributed by atoms with Crippen molar-refractivity contribution in [3.05, 3.63) is 0 Å². The molecule has 0 aromatic carbocycles. The molecule has 1 unspecified atom stereocenters. The molecule has 0 aromatic rings. The van der Waals surface area contributed by atoms with Crippen molar-refractivity contribution in [1.82, 2.24) is 0 Å². The maximum absolute atomic E-state index is 9.24. The molecule has 1 N–H and O–H groups in total. The summed E-state index contributed by atoms with van der Waals surface area (Å²) < 4.78 is 0. The molecular formula is C8H14O. The first kappa shape index (κ1) is 8.52. The molecule has 9 heavy (non-hydrogen) atoms. The highest BCUT2D eigenvalue weighted by Crippen LogP contribution is 2.20. The van der Waals surface area contributed by atoms with E-state index in [1.807, 2.05) is 20.8 Å². The van der Waals surface area contributed by atoms with Crippen LogP contribution in [0, 0.1) is 17.8 Å². The average molecular weight is 126 g/mol. The third-order valence-electron chi connectivity index (χ3n) is 1.59. The summed E-state index contributed by atoms with van der Waals surface area (Å²) in [6.07, 6.45) is 5.52. The van der Waals surface area contributed by atoms with Crippen molar-refractivity contribution in [1.29, 1.82) is 0 Å². The third kappa shape index (κ3) is 2.07. The van der Waals surface area contributed by atoms with E-state index in [0.29, 0.717) is 0 Å². The molecule has 0 spiro atoms. The van der Waals surface area contributed by atoms with Crippen molar-refractivity contribution in [2.24, 2.45) is 5.41 Å². The minimum absolute atomic E-state index is 0.366. The van der Waals surface area contributed by atoms with Crippen LogP contribution >= 0.6 is 0 Å². The van der Waals surface area contributed by atoms with E-state index in [9.17, 15) is 5.11 Å². The van der Waals surface area contributed by atoms with E-state index in [-0.39, 0.29) is 11.5 Å². The Hall–Kier alpha value is -0.480. The summed E-state index contributed by atoms with van der Waals surface area (Å²) in [7, 11) is 0. The van der Waals surface area contributed by atoms with Crippen LogP contribution in [0.3, 0.4) is 0 Å². The number of aliphatic hydroxyl groups is 1. The maximum Gasteiger partial charge on any atom is 0.0697 e. The van der Waals surface area contributed by atoms with Gasteiger partial charge in [-0.25, -0.2) is 0 Å². The fourth-order valence-corrected chi connectivity index (χ4v) is 0.607. The van der Waals surface area contributed by atoms with Gasteiger partial charge in [-0.15, -0.1) is 6.42 Å². The zero-order valence-corrected chi connectivity index (χ0v) is 6.31. The van der Waals surface area contributed by atoms with Gasteiger partial charge in [0.1, 0.15) is 0 Å². The van der Waals surface area contributed by atoms with Crippen molar-refractivity contribution in [2.75, 3.05) is 0 Å². The lowest BCUT2D eigenvalue weighted by atomic mass is 9.86. The van der Waals surface area contributed by atoms with Crippen LogP contribution < -0.4 is 0 Å². The maximum atomic E-state index is 9.24. The average Bonchev–Trinajstić information content (AvgIpc) is 1.86. The summed E-state index contributed by atoms with van der Waals surface area (Å²) in [5, 5.41) is 9.24. The second kappa shape index (κ2) is 2.89. The Labute approximate surface area is 57.1 Å². The third-order valence-corrected chi connectivity index (χ3v) is 1.59. The molecule has 0 bridgehead atoms. The second-order valence-corrected chi connectivity index (χ2v) is 2.79. The highest BCUT2D eigenvalue weighted by atomic mass is 16.3. The van der Waals surface area contributed by atoms with Gasteiger partial charge in [-0.05, 0) is 20.3 Å². The predicted molar refractivity (Wildman–Crippen MR) is 38.9 cm³/mol. The molecule has 0 aliphatic heterocycles. The van der Waals surface area contributed by atoms with E-state index in [0.717, 1.165) is 6.42 Å². The van der Waals surface area contributed by atoms with Gasteiger partial charge < -0.3 is 5.11 Å². The highest BCUT2D eigenvalue weighted by molar-refractivity contribution is 5.03. The Kier molecular flexibility index (Phi) is 2.73. The van der Waals surface area contributed by atoms with Crippen molar-refractivity contribution in [3.63, 3.8) is 0 Å². The Bertz CT molecular complexity index is 119. The molecule has 0 saturated heterocycles. The van der Waals surface area contributed by atoms with E-state index in [2.05, 4.69) is 5.92 Å². The lowest BCUT2D eigenvalue weighted by molar-refractivity contribution is 0.0845. The number of rotatable bonds is 2. The van der Waals surface area contributed by atoms with Gasteiger partial charge in [-0.3, -0.25) is 0 Å². The molecule has 0 fully saturated rings. The van der Waals surface area contributed by atoms with Gasteiger partial charge in [-0.1, -0.05) is 12.8 Å². The lowest BCUT2D eigenvalue weighted by Crippen LogP contribution is -2.26. The summed E-state index contributed by atoms with van der Waals surface area (Å²) in [4.78, 5) is 0. The lowest BCUT2D eigenvalue weighted by Gasteiger charge is -2.22. The van der Waals surface area contributed by atoms with Crippen LogP contribution in [0.15, 0.2) is 0 Å². The van der Waals surface area contributed by atoms with Gasteiger partial charge in [-0.2, -0.15) is 0 Å². The van der Waals surface area contributed by atoms with Crippen molar-refractivity contribution in [3.8, 4) is 12.3 Å². The van der Waals surface area contributed by atoms with Gasteiger partial charge in [0.05, 0.1) is 11.5 Å². The molecule has 0 aliphatic rings. The minimum atomic E-state index is -0.373. The first-order valence-corrected chi connectivity index (χ1v) is 3.20. The van der Waals surface area contributed by atoms with Crippen LogP contribution in [-0.2, 0) is 0 Å². The summed E-state index contributed by atoms with van der Waals surface area (Å²) in [6, 6.07) is 0. The van der Waals surface area contributed by atoms with E-state index in [1.165, 1.54) is 0 Å². The van der Waals surface area contributed by atoms with E-state index in [4.69, 9.17) is 6.42 Å². The first-order valence-electron chi connectivity index (χ1n) is 3.20. The monoisotopic (exact) mass is 126 g/mol. The van der Waals surface area contributed by atoms with Crippen molar-refractivity contribution in [2.45, 2.75) is 33.3 Å². The molecule has 0 heterocycles. The Morgan fingerprint density at radius 3 is 2.22 bits per heavy atom. The normalized spacial score (nSPS) is 14.6. The fourth-order valence-electron chi connectivity index (χ4n) is 0.607. The molecular weight excluding hydrogens is 112 g/mol. The van der Waals surface area contributed by atoms with E-state index < -0.39 is 0 Å². The summed E-state index contributed by atoms with van der Waals surface area (Å²) in [5.74, 6) is 2.54. The fraction of sp³-hybridized carbons (Fsp3) is 0.750. The van der Waals surface area contributed by atoms with Gasteiger partial charge in [0.25, 0.3) is 0 Å². The standard InChI is InChI=1S/C8H14O/c1-5-7(9)8(3,4)6-2/h2,7,9H,5H2,1,3-4H3. The summed E-state index contributed by atoms with van der Waals surface area (Å²) >= 11 is 0. The molecule has 1 nitrogen and oxygen atoms in total. The summed E-state index contributed by atoms with van der Waals surface area (Å²) in [5.41, 5.74) is -0.366. The minimum Gasteiger partial charge on any atom is -0.392 e. The topological polar surface area (TPSA) is 20.2 Å². The number of terminal acetylenes is 1. The molecule has 1 atom stereocenters. The first-order chi connectivity index (χ1) is 4.04. The molecule has 0 aromatic heterocycles. The van der Waals surface area contributed by atoms with Crippen molar-refractivity contribution >= 4 is 0 Å². The van der Waals surface area contributed by atoms with Crippen LogP contribution in [0.25, 0.3) is 0 Å². The zero-order valence-electron chi connectivity index (χ0n) is 6.31. The van der Waals surface area contributed by atoms with Crippen LogP contribution in [0.4, 0.5) is 0 Å². The number of hydrogen-bond donors (Lipinski definition) is 1. The van der Waals surface area contributed by atoms with E-state index >= 15 is 0 Å². The second-order valence-electron chi connectivity index (χ2n) is 2.79. The molecule has 0 radical (unpaired) electrons. The summed E-state index contributed by atoms with van der Waals surface area (Å²) in [6.45, 7) is 5.64. The van der Waals surface area contributed by atoms with Gasteiger partial charge in [0, 0.05) is 0 Å². The van der Waals surface area contributed by atoms with Gasteiger partial charge in [0.2, 0.25) is 0 Å². The SMILES string of the molecule is C#CC(C)(C)C(O)CC. The quantitative estimate of drug-likeness (QED) is 0.555. The van der Waals surface area contributed by atoms with Crippen molar-refractivity contribution < 1.29 is 5.11 Å².